The molecule has 84 valence electrons. The van der Waals surface area contributed by atoms with E-state index in [-0.39, 0.29) is 5.75 Å². The van der Waals surface area contributed by atoms with E-state index in [4.69, 9.17) is 10.5 Å². The van der Waals surface area contributed by atoms with Gasteiger partial charge in [-0.05, 0) is 22.0 Å². The average molecular weight is 284 g/mol. The van der Waals surface area contributed by atoms with Crippen LogP contribution in [0.15, 0.2) is 22.8 Å². The molecule has 0 saturated carbocycles. The topological polar surface area (TPSA) is 84.2 Å². The lowest BCUT2D eigenvalue weighted by molar-refractivity contribution is 0.405. The molecule has 0 aliphatic rings. The molecule has 0 aliphatic carbocycles. The fourth-order valence-corrected chi connectivity index (χ4v) is 1.93. The normalized spacial score (nSPS) is 10.4. The highest BCUT2D eigenvalue weighted by Gasteiger charge is 2.13. The van der Waals surface area contributed by atoms with Gasteiger partial charge in [-0.1, -0.05) is 0 Å². The van der Waals surface area contributed by atoms with Crippen LogP contribution in [0.3, 0.4) is 0 Å². The Morgan fingerprint density at radius 3 is 2.75 bits per heavy atom. The predicted molar refractivity (Wildman–Crippen MR) is 64.4 cm³/mol. The van der Waals surface area contributed by atoms with Gasteiger partial charge in [0.15, 0.2) is 0 Å². The molecule has 0 unspecified atom stereocenters. The Hall–Kier alpha value is -1.69. The summed E-state index contributed by atoms with van der Waals surface area (Å²) >= 11 is 3.34. The van der Waals surface area contributed by atoms with Gasteiger partial charge in [0.05, 0.1) is 17.8 Å². The van der Waals surface area contributed by atoms with Crippen molar-refractivity contribution in [2.24, 2.45) is 0 Å². The zero-order valence-electron chi connectivity index (χ0n) is 8.49. The molecule has 1 aromatic carbocycles. The van der Waals surface area contributed by atoms with Crippen LogP contribution < -0.4 is 10.5 Å². The summed E-state index contributed by atoms with van der Waals surface area (Å²) in [6.45, 7) is 0. The standard InChI is InChI=1S/C10H10BrN3O2/c1-16-9-3-8(15)5(2-7(9)11)6-4-13-14-10(6)12/h2-4,15H,1H3,(H3,12,13,14). The molecule has 0 radical (unpaired) electrons. The lowest BCUT2D eigenvalue weighted by Crippen LogP contribution is -1.90. The predicted octanol–water partition coefficient (Wildman–Crippen LogP) is 2.14. The second kappa shape index (κ2) is 4.05. The third-order valence-corrected chi connectivity index (χ3v) is 2.85. The number of H-pyrrole nitrogens is 1. The number of rotatable bonds is 2. The Bertz CT molecular complexity index is 525. The maximum absolute atomic E-state index is 9.85. The fourth-order valence-electron chi connectivity index (χ4n) is 1.43. The van der Waals surface area contributed by atoms with Crippen LogP contribution in [0.2, 0.25) is 0 Å². The summed E-state index contributed by atoms with van der Waals surface area (Å²) in [4.78, 5) is 0. The van der Waals surface area contributed by atoms with Gasteiger partial charge in [0, 0.05) is 17.2 Å². The summed E-state index contributed by atoms with van der Waals surface area (Å²) in [5, 5.41) is 16.3. The van der Waals surface area contributed by atoms with Gasteiger partial charge >= 0.3 is 0 Å². The highest BCUT2D eigenvalue weighted by molar-refractivity contribution is 9.10. The highest BCUT2D eigenvalue weighted by Crippen LogP contribution is 2.39. The molecule has 4 N–H and O–H groups in total. The Morgan fingerprint density at radius 1 is 1.44 bits per heavy atom. The van der Waals surface area contributed by atoms with E-state index < -0.39 is 0 Å². The zero-order valence-corrected chi connectivity index (χ0v) is 10.1. The monoisotopic (exact) mass is 283 g/mol. The van der Waals surface area contributed by atoms with Gasteiger partial charge in [0.1, 0.15) is 17.3 Å². The second-order valence-corrected chi connectivity index (χ2v) is 4.06. The number of aromatic hydroxyl groups is 1. The molecule has 16 heavy (non-hydrogen) atoms. The van der Waals surface area contributed by atoms with E-state index in [1.807, 2.05) is 0 Å². The number of ether oxygens (including phenoxy) is 1. The van der Waals surface area contributed by atoms with E-state index in [0.717, 1.165) is 4.47 Å². The van der Waals surface area contributed by atoms with Crippen molar-refractivity contribution in [2.75, 3.05) is 12.8 Å². The van der Waals surface area contributed by atoms with E-state index in [2.05, 4.69) is 26.1 Å². The zero-order chi connectivity index (χ0) is 11.7. The number of hydrogen-bond acceptors (Lipinski definition) is 4. The first-order chi connectivity index (χ1) is 7.63. The third kappa shape index (κ3) is 1.71. The molecule has 0 bridgehead atoms. The molecule has 0 fully saturated rings. The first-order valence-corrected chi connectivity index (χ1v) is 5.28. The van der Waals surface area contributed by atoms with Crippen LogP contribution in [0.4, 0.5) is 5.82 Å². The average Bonchev–Trinajstić information content (AvgIpc) is 2.67. The minimum atomic E-state index is 0.0909. The van der Waals surface area contributed by atoms with Crippen LogP contribution in [0.1, 0.15) is 0 Å². The molecule has 5 nitrogen and oxygen atoms in total. The van der Waals surface area contributed by atoms with Crippen LogP contribution in [0.5, 0.6) is 11.5 Å². The van der Waals surface area contributed by atoms with Crippen molar-refractivity contribution in [1.82, 2.24) is 10.2 Å². The maximum Gasteiger partial charge on any atom is 0.136 e. The van der Waals surface area contributed by atoms with E-state index in [1.54, 1.807) is 12.3 Å². The van der Waals surface area contributed by atoms with Crippen LogP contribution in [-0.2, 0) is 0 Å². The number of hydrogen-bond donors (Lipinski definition) is 3. The van der Waals surface area contributed by atoms with Crippen molar-refractivity contribution in [3.05, 3.63) is 22.8 Å². The lowest BCUT2D eigenvalue weighted by atomic mass is 10.1. The smallest absolute Gasteiger partial charge is 0.136 e. The van der Waals surface area contributed by atoms with E-state index in [1.165, 1.54) is 13.2 Å². The molecule has 0 aliphatic heterocycles. The third-order valence-electron chi connectivity index (χ3n) is 2.23. The van der Waals surface area contributed by atoms with Gasteiger partial charge in [0.2, 0.25) is 0 Å². The molecule has 6 heteroatoms. The summed E-state index contributed by atoms with van der Waals surface area (Å²) in [6.07, 6.45) is 1.56. The summed E-state index contributed by atoms with van der Waals surface area (Å²) in [7, 11) is 1.53. The maximum atomic E-state index is 9.85. The number of anilines is 1. The van der Waals surface area contributed by atoms with Crippen LogP contribution in [-0.4, -0.2) is 22.4 Å². The minimum absolute atomic E-state index is 0.0909. The molecule has 0 atom stereocenters. The molecule has 2 rings (SSSR count). The molecular formula is C10H10BrN3O2. The first kappa shape index (κ1) is 10.8. The van der Waals surface area contributed by atoms with Gasteiger partial charge in [-0.3, -0.25) is 5.10 Å². The van der Waals surface area contributed by atoms with Crippen LogP contribution >= 0.6 is 15.9 Å². The van der Waals surface area contributed by atoms with Gasteiger partial charge in [-0.2, -0.15) is 5.10 Å². The van der Waals surface area contributed by atoms with Crippen molar-refractivity contribution in [2.45, 2.75) is 0 Å². The molecule has 1 aromatic heterocycles. The Morgan fingerprint density at radius 2 is 2.19 bits per heavy atom. The van der Waals surface area contributed by atoms with Crippen molar-refractivity contribution < 1.29 is 9.84 Å². The Labute approximate surface area is 100 Å². The number of benzene rings is 1. The number of nitrogens with two attached hydrogens (primary N) is 1. The number of phenolic OH excluding ortho intramolecular Hbond substituents is 1. The molecule has 2 aromatic rings. The second-order valence-electron chi connectivity index (χ2n) is 3.20. The van der Waals surface area contributed by atoms with Gasteiger partial charge < -0.3 is 15.6 Å². The number of phenols is 1. The number of halogens is 1. The number of methoxy groups -OCH3 is 1. The number of aromatic amines is 1. The molecule has 0 spiro atoms. The van der Waals surface area contributed by atoms with Gasteiger partial charge in [-0.15, -0.1) is 0 Å². The van der Waals surface area contributed by atoms with Gasteiger partial charge in [0.25, 0.3) is 0 Å². The SMILES string of the molecule is COc1cc(O)c(-c2cn[nH]c2N)cc1Br. The van der Waals surface area contributed by atoms with Gasteiger partial charge in [-0.25, -0.2) is 0 Å². The molecule has 0 saturated heterocycles. The van der Waals surface area contributed by atoms with Crippen molar-refractivity contribution >= 4 is 21.7 Å². The summed E-state index contributed by atoms with van der Waals surface area (Å²) in [6, 6.07) is 3.25. The van der Waals surface area contributed by atoms with Crippen LogP contribution in [0.25, 0.3) is 11.1 Å². The Balaban J connectivity index is 2.59. The largest absolute Gasteiger partial charge is 0.507 e. The molecular weight excluding hydrogens is 274 g/mol. The minimum Gasteiger partial charge on any atom is -0.507 e. The Kier molecular flexibility index (Phi) is 2.74. The summed E-state index contributed by atoms with van der Waals surface area (Å²) < 4.78 is 5.81. The fraction of sp³-hybridized carbons (Fsp3) is 0.100. The lowest BCUT2D eigenvalue weighted by Gasteiger charge is -2.08. The van der Waals surface area contributed by atoms with Crippen molar-refractivity contribution in [3.63, 3.8) is 0 Å². The molecule has 1 heterocycles. The van der Waals surface area contributed by atoms with E-state index >= 15 is 0 Å². The number of nitrogen functional groups attached to an aromatic ring is 1. The highest BCUT2D eigenvalue weighted by atomic mass is 79.9. The van der Waals surface area contributed by atoms with Crippen molar-refractivity contribution in [3.8, 4) is 22.6 Å². The summed E-state index contributed by atoms with van der Waals surface area (Å²) in [5.74, 6) is 1.06. The molecule has 0 amide bonds. The first-order valence-electron chi connectivity index (χ1n) is 4.49. The summed E-state index contributed by atoms with van der Waals surface area (Å²) in [5.41, 5.74) is 6.94. The number of aromatic nitrogens is 2. The van der Waals surface area contributed by atoms with Crippen LogP contribution in [0, 0.1) is 0 Å². The van der Waals surface area contributed by atoms with Crippen molar-refractivity contribution in [1.29, 1.82) is 0 Å². The number of nitrogens with zero attached hydrogens (tertiary/aromatic N) is 1. The van der Waals surface area contributed by atoms with E-state index in [0.29, 0.717) is 22.7 Å². The number of nitrogens with one attached hydrogen (secondary N) is 1. The quantitative estimate of drug-likeness (QED) is 0.788. The van der Waals surface area contributed by atoms with E-state index in [9.17, 15) is 5.11 Å².